The van der Waals surface area contributed by atoms with Gasteiger partial charge in [0.15, 0.2) is 11.5 Å². The van der Waals surface area contributed by atoms with Crippen LogP contribution in [0.15, 0.2) is 48.5 Å². The van der Waals surface area contributed by atoms with Gasteiger partial charge >= 0.3 is 0 Å². The Labute approximate surface area is 134 Å². The van der Waals surface area contributed by atoms with Gasteiger partial charge in [-0.15, -0.1) is 0 Å². The lowest BCUT2D eigenvalue weighted by Crippen LogP contribution is -2.11. The highest BCUT2D eigenvalue weighted by Crippen LogP contribution is 2.50. The van der Waals surface area contributed by atoms with Crippen LogP contribution in [0.5, 0.6) is 17.2 Å². The van der Waals surface area contributed by atoms with Crippen molar-refractivity contribution in [1.82, 2.24) is 0 Å². The van der Waals surface area contributed by atoms with Gasteiger partial charge < -0.3 is 14.9 Å². The zero-order chi connectivity index (χ0) is 16.0. The van der Waals surface area contributed by atoms with Gasteiger partial charge in [-0.1, -0.05) is 36.4 Å². The monoisotopic (exact) mass is 306 g/mol. The first kappa shape index (κ1) is 13.9. The molecule has 0 saturated carbocycles. The highest BCUT2D eigenvalue weighted by molar-refractivity contribution is 5.95. The van der Waals surface area contributed by atoms with Crippen molar-refractivity contribution >= 4 is 10.8 Å². The summed E-state index contributed by atoms with van der Waals surface area (Å²) in [7, 11) is 1.56. The number of aromatic hydroxyl groups is 2. The van der Waals surface area contributed by atoms with Crippen LogP contribution in [-0.2, 0) is 6.42 Å². The molecule has 23 heavy (non-hydrogen) atoms. The fourth-order valence-electron chi connectivity index (χ4n) is 3.75. The average Bonchev–Trinajstić information content (AvgIpc) is 2.60. The van der Waals surface area contributed by atoms with Gasteiger partial charge in [-0.05, 0) is 41.3 Å². The molecular weight excluding hydrogens is 288 g/mol. The molecule has 0 heterocycles. The molecule has 1 atom stereocenters. The third-order valence-electron chi connectivity index (χ3n) is 4.82. The van der Waals surface area contributed by atoms with Gasteiger partial charge in [0.05, 0.1) is 7.11 Å². The Bertz CT molecular complexity index is 885. The molecule has 3 heteroatoms. The largest absolute Gasteiger partial charge is 0.508 e. The van der Waals surface area contributed by atoms with Crippen LogP contribution in [0.2, 0.25) is 0 Å². The maximum Gasteiger partial charge on any atom is 0.162 e. The second-order valence-electron chi connectivity index (χ2n) is 6.00. The van der Waals surface area contributed by atoms with E-state index in [0.717, 1.165) is 34.7 Å². The van der Waals surface area contributed by atoms with E-state index < -0.39 is 0 Å². The van der Waals surface area contributed by atoms with E-state index in [9.17, 15) is 10.2 Å². The molecule has 0 radical (unpaired) electrons. The predicted octanol–water partition coefficient (Wildman–Crippen LogP) is 4.34. The minimum atomic E-state index is 0.100. The quantitative estimate of drug-likeness (QED) is 0.740. The van der Waals surface area contributed by atoms with Crippen LogP contribution in [0.3, 0.4) is 0 Å². The van der Waals surface area contributed by atoms with Gasteiger partial charge in [0, 0.05) is 17.0 Å². The number of phenols is 2. The zero-order valence-electron chi connectivity index (χ0n) is 12.9. The molecule has 3 aromatic rings. The number of benzene rings is 3. The molecule has 1 aliphatic carbocycles. The van der Waals surface area contributed by atoms with Crippen molar-refractivity contribution in [1.29, 1.82) is 0 Å². The third kappa shape index (κ3) is 2.04. The Hall–Kier alpha value is -2.68. The average molecular weight is 306 g/mol. The number of rotatable bonds is 2. The van der Waals surface area contributed by atoms with E-state index >= 15 is 0 Å². The predicted molar refractivity (Wildman–Crippen MR) is 90.4 cm³/mol. The summed E-state index contributed by atoms with van der Waals surface area (Å²) in [5.41, 5.74) is 2.96. The van der Waals surface area contributed by atoms with Crippen molar-refractivity contribution in [3.63, 3.8) is 0 Å². The van der Waals surface area contributed by atoms with E-state index in [2.05, 4.69) is 12.1 Å². The molecular formula is C20H18O3. The summed E-state index contributed by atoms with van der Waals surface area (Å²) in [5.74, 6) is 1.06. The maximum atomic E-state index is 10.8. The number of ether oxygens (including phenoxy) is 1. The molecule has 1 aliphatic rings. The molecule has 0 fully saturated rings. The van der Waals surface area contributed by atoms with Crippen molar-refractivity contribution in [2.45, 2.75) is 18.8 Å². The van der Waals surface area contributed by atoms with Gasteiger partial charge in [0.25, 0.3) is 0 Å². The lowest BCUT2D eigenvalue weighted by atomic mass is 9.77. The first-order chi connectivity index (χ1) is 11.2. The molecule has 4 rings (SSSR count). The molecule has 2 N–H and O–H groups in total. The molecule has 116 valence electrons. The van der Waals surface area contributed by atoms with E-state index in [0.29, 0.717) is 11.5 Å². The molecule has 0 bridgehead atoms. The van der Waals surface area contributed by atoms with Crippen LogP contribution in [0.1, 0.15) is 29.0 Å². The first-order valence-corrected chi connectivity index (χ1v) is 7.80. The van der Waals surface area contributed by atoms with E-state index in [-0.39, 0.29) is 11.7 Å². The molecule has 3 nitrogen and oxygen atoms in total. The fourth-order valence-corrected chi connectivity index (χ4v) is 3.75. The van der Waals surface area contributed by atoms with Gasteiger partial charge in [-0.2, -0.15) is 0 Å². The Morgan fingerprint density at radius 1 is 1.04 bits per heavy atom. The number of hydrogen-bond acceptors (Lipinski definition) is 3. The molecule has 0 amide bonds. The summed E-state index contributed by atoms with van der Waals surface area (Å²) in [6.07, 6.45) is 1.64. The van der Waals surface area contributed by atoms with Crippen molar-refractivity contribution < 1.29 is 14.9 Å². The smallest absolute Gasteiger partial charge is 0.162 e. The van der Waals surface area contributed by atoms with Crippen LogP contribution in [0.25, 0.3) is 10.8 Å². The lowest BCUT2D eigenvalue weighted by molar-refractivity contribution is 0.369. The number of methoxy groups -OCH3 is 1. The number of aryl methyl sites for hydroxylation is 1. The standard InChI is InChI=1S/C20H18O3/c1-23-17-11-13-7-10-16(21)15-9-8-14(12-5-3-2-4-6-12)19(18(13)15)20(17)22/h2-7,10-11,14,21-22H,8-9H2,1H3/t14-/m1/s1. The Morgan fingerprint density at radius 2 is 1.83 bits per heavy atom. The third-order valence-corrected chi connectivity index (χ3v) is 4.82. The maximum absolute atomic E-state index is 10.8. The van der Waals surface area contributed by atoms with Crippen LogP contribution in [-0.4, -0.2) is 17.3 Å². The zero-order valence-corrected chi connectivity index (χ0v) is 12.9. The summed E-state index contributed by atoms with van der Waals surface area (Å²) in [5, 5.41) is 22.9. The summed E-state index contributed by atoms with van der Waals surface area (Å²) in [6.45, 7) is 0. The summed E-state index contributed by atoms with van der Waals surface area (Å²) in [6, 6.07) is 15.6. The lowest BCUT2D eigenvalue weighted by Gasteiger charge is -2.28. The first-order valence-electron chi connectivity index (χ1n) is 7.80. The van der Waals surface area contributed by atoms with Crippen molar-refractivity contribution in [3.8, 4) is 17.2 Å². The number of phenolic OH excluding ortho intramolecular Hbond substituents is 2. The molecule has 0 aliphatic heterocycles. The van der Waals surface area contributed by atoms with E-state index in [4.69, 9.17) is 4.74 Å². The van der Waals surface area contributed by atoms with Crippen LogP contribution < -0.4 is 4.74 Å². The fraction of sp³-hybridized carbons (Fsp3) is 0.200. The Morgan fingerprint density at radius 3 is 2.57 bits per heavy atom. The van der Waals surface area contributed by atoms with Gasteiger partial charge in [0.2, 0.25) is 0 Å². The molecule has 0 spiro atoms. The van der Waals surface area contributed by atoms with E-state index in [1.54, 1.807) is 13.2 Å². The van der Waals surface area contributed by atoms with Gasteiger partial charge in [0.1, 0.15) is 5.75 Å². The highest BCUT2D eigenvalue weighted by atomic mass is 16.5. The van der Waals surface area contributed by atoms with Crippen molar-refractivity contribution in [2.75, 3.05) is 7.11 Å². The Kier molecular flexibility index (Phi) is 3.15. The van der Waals surface area contributed by atoms with Gasteiger partial charge in [-0.25, -0.2) is 0 Å². The SMILES string of the molecule is COc1cc2ccc(O)c3c2c(c1O)[C@@H](c1ccccc1)CC3. The van der Waals surface area contributed by atoms with Crippen LogP contribution in [0, 0.1) is 0 Å². The topological polar surface area (TPSA) is 49.7 Å². The van der Waals surface area contributed by atoms with E-state index in [1.165, 1.54) is 5.56 Å². The molecule has 0 aromatic heterocycles. The summed E-state index contributed by atoms with van der Waals surface area (Å²) >= 11 is 0. The second-order valence-corrected chi connectivity index (χ2v) is 6.00. The second kappa shape index (κ2) is 5.20. The number of hydrogen-bond donors (Lipinski definition) is 2. The van der Waals surface area contributed by atoms with Crippen LogP contribution in [0.4, 0.5) is 0 Å². The molecule has 0 saturated heterocycles. The van der Waals surface area contributed by atoms with Crippen molar-refractivity contribution in [3.05, 3.63) is 65.2 Å². The minimum Gasteiger partial charge on any atom is -0.508 e. The summed E-state index contributed by atoms with van der Waals surface area (Å²) < 4.78 is 5.36. The highest BCUT2D eigenvalue weighted by Gasteiger charge is 2.29. The molecule has 0 unspecified atom stereocenters. The normalized spacial score (nSPS) is 16.5. The Balaban J connectivity index is 2.08. The minimum absolute atomic E-state index is 0.100. The van der Waals surface area contributed by atoms with Crippen molar-refractivity contribution in [2.24, 2.45) is 0 Å². The van der Waals surface area contributed by atoms with Gasteiger partial charge in [-0.3, -0.25) is 0 Å². The molecule has 3 aromatic carbocycles. The van der Waals surface area contributed by atoms with Crippen LogP contribution >= 0.6 is 0 Å². The van der Waals surface area contributed by atoms with E-state index in [1.807, 2.05) is 30.3 Å². The summed E-state index contributed by atoms with van der Waals surface area (Å²) in [4.78, 5) is 0.